The quantitative estimate of drug-likeness (QED) is 0.619. The first-order valence-corrected chi connectivity index (χ1v) is 6.08. The monoisotopic (exact) mass is 272 g/mol. The number of nitrogens with zero attached hydrogens (tertiary/aromatic N) is 2. The summed E-state index contributed by atoms with van der Waals surface area (Å²) in [5.74, 6) is 1.22. The number of hydrogen-bond acceptors (Lipinski definition) is 4. The van der Waals surface area contributed by atoms with Gasteiger partial charge in [0.15, 0.2) is 0 Å². The van der Waals surface area contributed by atoms with Crippen LogP contribution in [0.2, 0.25) is 0 Å². The van der Waals surface area contributed by atoms with E-state index in [-0.39, 0.29) is 5.78 Å². The van der Waals surface area contributed by atoms with Crippen molar-refractivity contribution in [2.75, 3.05) is 14.2 Å². The van der Waals surface area contributed by atoms with E-state index in [9.17, 15) is 4.79 Å². The van der Waals surface area contributed by atoms with Gasteiger partial charge in [-0.15, -0.1) is 0 Å². The predicted molar refractivity (Wildman–Crippen MR) is 76.1 cm³/mol. The number of allylic oxidation sites excluding steroid dienone is 1. The molecular weight excluding hydrogens is 256 g/mol. The number of aromatic nitrogens is 2. The van der Waals surface area contributed by atoms with E-state index < -0.39 is 0 Å². The zero-order chi connectivity index (χ0) is 14.5. The molecule has 5 heteroatoms. The molecule has 0 fully saturated rings. The third kappa shape index (κ3) is 3.06. The van der Waals surface area contributed by atoms with Crippen LogP contribution >= 0.6 is 0 Å². The maximum atomic E-state index is 12.0. The van der Waals surface area contributed by atoms with Gasteiger partial charge in [-0.1, -0.05) is 0 Å². The Morgan fingerprint density at radius 2 is 2.05 bits per heavy atom. The molecule has 20 heavy (non-hydrogen) atoms. The summed E-state index contributed by atoms with van der Waals surface area (Å²) in [5, 5.41) is 4.06. The number of ether oxygens (including phenoxy) is 2. The average Bonchev–Trinajstić information content (AvgIpc) is 2.91. The second-order valence-corrected chi connectivity index (χ2v) is 4.18. The minimum atomic E-state index is -0.157. The lowest BCUT2D eigenvalue weighted by atomic mass is 10.1. The number of methoxy groups -OCH3 is 2. The third-order valence-electron chi connectivity index (χ3n) is 2.82. The number of rotatable bonds is 5. The molecule has 0 atom stereocenters. The molecular formula is C15H16N2O3. The first-order valence-electron chi connectivity index (χ1n) is 6.08. The smallest absolute Gasteiger partial charge is 0.206 e. The van der Waals surface area contributed by atoms with Crippen molar-refractivity contribution in [2.24, 2.45) is 7.05 Å². The SMILES string of the molecule is COc1ccc(OC)c(C=CC(=O)c2ccn(C)n2)c1. The van der Waals surface area contributed by atoms with Crippen LogP contribution in [-0.2, 0) is 7.05 Å². The summed E-state index contributed by atoms with van der Waals surface area (Å²) in [6, 6.07) is 7.08. The number of carbonyl (C=O) groups is 1. The normalized spacial score (nSPS) is 10.8. The molecule has 0 saturated heterocycles. The molecule has 0 radical (unpaired) electrons. The topological polar surface area (TPSA) is 53.4 Å². The van der Waals surface area contributed by atoms with Crippen molar-refractivity contribution in [3.05, 3.63) is 47.8 Å². The third-order valence-corrected chi connectivity index (χ3v) is 2.82. The lowest BCUT2D eigenvalue weighted by Gasteiger charge is -2.06. The minimum Gasteiger partial charge on any atom is -0.497 e. The minimum absolute atomic E-state index is 0.157. The summed E-state index contributed by atoms with van der Waals surface area (Å²) in [6.45, 7) is 0. The van der Waals surface area contributed by atoms with E-state index in [0.29, 0.717) is 17.2 Å². The molecule has 1 aromatic heterocycles. The lowest BCUT2D eigenvalue weighted by molar-refractivity contribution is 0.104. The van der Waals surface area contributed by atoms with E-state index in [1.54, 1.807) is 62.5 Å². The number of benzene rings is 1. The molecule has 0 unspecified atom stereocenters. The maximum absolute atomic E-state index is 12.0. The van der Waals surface area contributed by atoms with E-state index in [4.69, 9.17) is 9.47 Å². The zero-order valence-electron chi connectivity index (χ0n) is 11.7. The van der Waals surface area contributed by atoms with Crippen molar-refractivity contribution in [3.8, 4) is 11.5 Å². The van der Waals surface area contributed by atoms with Gasteiger partial charge in [0, 0.05) is 18.8 Å². The van der Waals surface area contributed by atoms with Crippen LogP contribution in [0.1, 0.15) is 16.1 Å². The fourth-order valence-corrected chi connectivity index (χ4v) is 1.77. The molecule has 2 aromatic rings. The van der Waals surface area contributed by atoms with Crippen LogP contribution in [-0.4, -0.2) is 29.8 Å². The molecule has 0 spiro atoms. The molecule has 0 aliphatic carbocycles. The van der Waals surface area contributed by atoms with Gasteiger partial charge in [-0.2, -0.15) is 5.10 Å². The van der Waals surface area contributed by atoms with Crippen LogP contribution in [0.25, 0.3) is 6.08 Å². The molecule has 1 heterocycles. The van der Waals surface area contributed by atoms with E-state index in [1.807, 2.05) is 0 Å². The highest BCUT2D eigenvalue weighted by Crippen LogP contribution is 2.25. The van der Waals surface area contributed by atoms with Gasteiger partial charge >= 0.3 is 0 Å². The maximum Gasteiger partial charge on any atom is 0.206 e. The summed E-state index contributed by atoms with van der Waals surface area (Å²) in [6.07, 6.45) is 4.89. The van der Waals surface area contributed by atoms with Gasteiger partial charge in [0.2, 0.25) is 5.78 Å². The van der Waals surface area contributed by atoms with Gasteiger partial charge in [-0.05, 0) is 36.4 Å². The largest absolute Gasteiger partial charge is 0.497 e. The van der Waals surface area contributed by atoms with Crippen LogP contribution in [0.4, 0.5) is 0 Å². The van der Waals surface area contributed by atoms with Gasteiger partial charge in [-0.3, -0.25) is 9.48 Å². The highest BCUT2D eigenvalue weighted by Gasteiger charge is 2.06. The first kappa shape index (κ1) is 13.9. The molecule has 0 N–H and O–H groups in total. The summed E-state index contributed by atoms with van der Waals surface area (Å²) in [7, 11) is 4.94. The fourth-order valence-electron chi connectivity index (χ4n) is 1.77. The van der Waals surface area contributed by atoms with Crippen molar-refractivity contribution < 1.29 is 14.3 Å². The summed E-state index contributed by atoms with van der Waals surface area (Å²) in [4.78, 5) is 12.0. The Labute approximate surface area is 117 Å². The van der Waals surface area contributed by atoms with Crippen LogP contribution in [0.5, 0.6) is 11.5 Å². The summed E-state index contributed by atoms with van der Waals surface area (Å²) < 4.78 is 12.0. The molecule has 1 aromatic carbocycles. The van der Waals surface area contributed by atoms with Crippen molar-refractivity contribution in [3.63, 3.8) is 0 Å². The van der Waals surface area contributed by atoms with Crippen molar-refractivity contribution in [1.29, 1.82) is 0 Å². The Kier molecular flexibility index (Phi) is 4.20. The van der Waals surface area contributed by atoms with E-state index >= 15 is 0 Å². The van der Waals surface area contributed by atoms with E-state index in [2.05, 4.69) is 5.10 Å². The molecule has 0 bridgehead atoms. The molecule has 0 amide bonds. The van der Waals surface area contributed by atoms with E-state index in [0.717, 1.165) is 5.56 Å². The summed E-state index contributed by atoms with van der Waals surface area (Å²) >= 11 is 0. The lowest BCUT2D eigenvalue weighted by Crippen LogP contribution is -1.97. The molecule has 0 aliphatic rings. The van der Waals surface area contributed by atoms with Crippen molar-refractivity contribution in [2.45, 2.75) is 0 Å². The Bertz CT molecular complexity index is 644. The standard InChI is InChI=1S/C15H16N2O3/c1-17-9-8-13(16-17)14(18)6-4-11-10-12(19-2)5-7-15(11)20-3/h4-10H,1-3H3. The van der Waals surface area contributed by atoms with E-state index in [1.165, 1.54) is 6.08 Å². The summed E-state index contributed by atoms with van der Waals surface area (Å²) in [5.41, 5.74) is 1.18. The fraction of sp³-hybridized carbons (Fsp3) is 0.200. The van der Waals surface area contributed by atoms with Gasteiger partial charge < -0.3 is 9.47 Å². The highest BCUT2D eigenvalue weighted by atomic mass is 16.5. The Balaban J connectivity index is 2.24. The van der Waals surface area contributed by atoms with Gasteiger partial charge in [0.1, 0.15) is 17.2 Å². The number of ketones is 1. The highest BCUT2D eigenvalue weighted by molar-refractivity contribution is 6.05. The Morgan fingerprint density at radius 3 is 2.65 bits per heavy atom. The van der Waals surface area contributed by atoms with Crippen LogP contribution in [0, 0.1) is 0 Å². The van der Waals surface area contributed by atoms with Crippen LogP contribution in [0.15, 0.2) is 36.5 Å². The van der Waals surface area contributed by atoms with Crippen LogP contribution < -0.4 is 9.47 Å². The number of aryl methyl sites for hydroxylation is 1. The second-order valence-electron chi connectivity index (χ2n) is 4.18. The molecule has 2 rings (SSSR count). The van der Waals surface area contributed by atoms with Gasteiger partial charge in [-0.25, -0.2) is 0 Å². The van der Waals surface area contributed by atoms with Gasteiger partial charge in [0.05, 0.1) is 14.2 Å². The van der Waals surface area contributed by atoms with Gasteiger partial charge in [0.25, 0.3) is 0 Å². The first-order chi connectivity index (χ1) is 9.63. The molecule has 5 nitrogen and oxygen atoms in total. The molecule has 104 valence electrons. The Hall–Kier alpha value is -2.56. The average molecular weight is 272 g/mol. The molecule has 0 saturated carbocycles. The second kappa shape index (κ2) is 6.06. The number of carbonyl (C=O) groups excluding carboxylic acids is 1. The zero-order valence-corrected chi connectivity index (χ0v) is 11.7. The van der Waals surface area contributed by atoms with Crippen molar-refractivity contribution in [1.82, 2.24) is 9.78 Å². The number of hydrogen-bond donors (Lipinski definition) is 0. The van der Waals surface area contributed by atoms with Crippen LogP contribution in [0.3, 0.4) is 0 Å². The molecule has 0 aliphatic heterocycles. The van der Waals surface area contributed by atoms with Crippen molar-refractivity contribution >= 4 is 11.9 Å². The Morgan fingerprint density at radius 1 is 1.25 bits per heavy atom. The predicted octanol–water partition coefficient (Wildman–Crippen LogP) is 2.33.